The summed E-state index contributed by atoms with van der Waals surface area (Å²) >= 11 is 0. The van der Waals surface area contributed by atoms with Crippen molar-refractivity contribution in [3.05, 3.63) is 292 Å². The number of aromatic nitrogens is 23. The van der Waals surface area contributed by atoms with E-state index in [2.05, 4.69) is 150 Å². The normalized spacial score (nSPS) is 17.7. The minimum atomic E-state index is -0.117. The van der Waals surface area contributed by atoms with Crippen molar-refractivity contribution in [1.82, 2.24) is 135 Å². The second-order valence-electron chi connectivity index (χ2n) is 37.5. The molecule has 39 heteroatoms. The number of nitrogens with zero attached hydrogens (tertiary/aromatic N) is 27. The third-order valence-corrected chi connectivity index (χ3v) is 26.5. The van der Waals surface area contributed by atoms with Gasteiger partial charge < -0.3 is 60.5 Å². The predicted octanol–water partition coefficient (Wildman–Crippen LogP) is 14.5. The van der Waals surface area contributed by atoms with Gasteiger partial charge in [0.1, 0.15) is 29.1 Å². The van der Waals surface area contributed by atoms with Crippen molar-refractivity contribution in [2.24, 2.45) is 0 Å². The summed E-state index contributed by atoms with van der Waals surface area (Å²) < 4.78 is 1.65. The molecule has 20 heterocycles. The number of nitrogens with one attached hydrogen (secondary N) is 8. The molecule has 7 aliphatic heterocycles. The van der Waals surface area contributed by atoms with Crippen LogP contribution in [0.4, 0.5) is 70.2 Å². The first-order valence-electron chi connectivity index (χ1n) is 48.2. The first-order valence-corrected chi connectivity index (χ1v) is 48.2. The van der Waals surface area contributed by atoms with E-state index in [0.29, 0.717) is 116 Å². The Morgan fingerprint density at radius 2 is 0.783 bits per heavy atom. The van der Waals surface area contributed by atoms with E-state index in [4.69, 9.17) is 24.9 Å². The molecule has 16 aromatic rings. The Bertz CT molecular complexity index is 6950. The Balaban J connectivity index is 0.000000117. The highest BCUT2D eigenvalue weighted by Gasteiger charge is 2.47. The highest BCUT2D eigenvalue weighted by Crippen LogP contribution is 2.40. The average molecular weight is 1920 g/mol. The molecule has 7 fully saturated rings. The molecule has 0 saturated carbocycles. The van der Waals surface area contributed by atoms with Crippen molar-refractivity contribution in [2.75, 3.05) is 106 Å². The molecule has 6 atom stereocenters. The van der Waals surface area contributed by atoms with Gasteiger partial charge in [-0.1, -0.05) is 78.4 Å². The number of likely N-dealkylation sites (tertiary alicyclic amines) is 1. The molecule has 4 amide bonds. The topological polar surface area (TPSA) is 442 Å². The van der Waals surface area contributed by atoms with Gasteiger partial charge >= 0.3 is 0 Å². The van der Waals surface area contributed by atoms with Crippen LogP contribution in [0, 0.1) is 69.2 Å². The van der Waals surface area contributed by atoms with Gasteiger partial charge in [-0.3, -0.25) is 49.5 Å². The van der Waals surface area contributed by atoms with Gasteiger partial charge in [-0.15, -0.1) is 20.4 Å². The summed E-state index contributed by atoms with van der Waals surface area (Å²) in [7, 11) is 0. The van der Waals surface area contributed by atoms with Crippen LogP contribution in [0.15, 0.2) is 213 Å². The molecule has 143 heavy (non-hydrogen) atoms. The fourth-order valence-corrected chi connectivity index (χ4v) is 19.6. The zero-order valence-electron chi connectivity index (χ0n) is 81.2. The monoisotopic (exact) mass is 1910 g/mol. The van der Waals surface area contributed by atoms with Gasteiger partial charge in [0.2, 0.25) is 17.8 Å². The summed E-state index contributed by atoms with van der Waals surface area (Å²) in [6.07, 6.45) is 14.9. The number of piperazine rings is 4. The van der Waals surface area contributed by atoms with Crippen molar-refractivity contribution < 1.29 is 19.2 Å². The summed E-state index contributed by atoms with van der Waals surface area (Å²) in [5, 5.41) is 62.8. The third kappa shape index (κ3) is 21.7. The van der Waals surface area contributed by atoms with E-state index in [1.165, 1.54) is 5.56 Å². The number of hydrogen-bond acceptors (Lipinski definition) is 30. The van der Waals surface area contributed by atoms with Crippen LogP contribution in [0.25, 0.3) is 39.5 Å². The van der Waals surface area contributed by atoms with E-state index >= 15 is 0 Å². The maximum atomic E-state index is 13.5. The first-order chi connectivity index (χ1) is 69.4. The number of aryl methyl sites for hydroxylation is 10. The molecular formula is C104H111N35O4. The number of amides is 4. The second-order valence-corrected chi connectivity index (χ2v) is 37.5. The van der Waals surface area contributed by atoms with Crippen LogP contribution >= 0.6 is 0 Å². The minimum Gasteiger partial charge on any atom is -0.347 e. The van der Waals surface area contributed by atoms with E-state index in [-0.39, 0.29) is 59.9 Å². The van der Waals surface area contributed by atoms with Crippen LogP contribution in [-0.2, 0) is 0 Å². The van der Waals surface area contributed by atoms with Gasteiger partial charge in [-0.2, -0.15) is 40.4 Å². The Labute approximate surface area is 825 Å². The number of benzene rings is 3. The smallest absolute Gasteiger partial charge is 0.274 e. The second kappa shape index (κ2) is 41.1. The number of aromatic amines is 4. The van der Waals surface area contributed by atoms with Crippen LogP contribution in [0.5, 0.6) is 0 Å². The Kier molecular flexibility index (Phi) is 26.9. The Morgan fingerprint density at radius 3 is 1.24 bits per heavy atom. The standard InChI is InChI=1S/2C27H28N8O.C25H28N10O.C25H27N9O/c1-17-12-24(30-25-13-18(2)32-33-25)31-27(29-17)34-15-22-9-10-23(16-34)35(22)26(36)20-7-5-19(6-8-20)21-4-3-11-28-14-21;1-17-12-24(30-25-13-18(2)32-33-25)31-27(29-17)34-15-21-9-10-22(16-34)35(21)26(36)20-8-11-23(28-14-20)19-6-4-3-5-7-19;1-15-8-21(27-22-10-17(3)29-31-22)28-24(9-15)35-18-4-5-19(35)14-33(13-18)25(36)20-6-7-23(32-30-20)34-12-16(2)11-26-34;1-16-4-6-19(7-5-16)20-8-9-21(31-30-20)24(35)33-10-12-34(13-11-33)25-26-17(2)14-22(28-25)27-23-15-18(3)29-32-23/h3-8,11-14,22-23H,9-10,15-16H2,1-2H3,(H2,29,30,31,32,33);3-8,11-14,21-22H,9-10,15-16H2,1-2H3,(H2,29,30,31,32,33);6-12,18-19H,4-5,13-14H2,1-3H3,(H2,27,28,29,31);4-9,14-15H,10-13H2,1-3H3,(H2,26,27,28,29,32). The number of carbonyl (C=O) groups excluding carboxylic acids is 4. The van der Waals surface area contributed by atoms with E-state index in [9.17, 15) is 19.2 Å². The number of carbonyl (C=O) groups is 4. The van der Waals surface area contributed by atoms with Crippen molar-refractivity contribution in [3.8, 4) is 39.5 Å². The zero-order chi connectivity index (χ0) is 98.5. The molecule has 23 rings (SSSR count). The van der Waals surface area contributed by atoms with Gasteiger partial charge in [-0.25, -0.2) is 24.6 Å². The van der Waals surface area contributed by atoms with E-state index < -0.39 is 0 Å². The zero-order valence-corrected chi connectivity index (χ0v) is 81.2. The summed E-state index contributed by atoms with van der Waals surface area (Å²) in [6.45, 7) is 26.3. The minimum absolute atomic E-state index is 0.0516. The number of anilines is 12. The molecular weight excluding hydrogens is 1800 g/mol. The SMILES string of the molecule is Cc1cc(Nc2cc(C)[nH]n2)nc(N2C3CCC2CN(C(=O)c2ccc(-n4cc(C)cn4)nn2)C3)c1.Cc1cc(Nc2cc(C)[nH]n2)nc(N2CC3CCC(C2)N3C(=O)c2ccc(-c3ccccc3)nc2)n1.Cc1cc(Nc2cc(C)[nH]n2)nc(N2CC3CCC(C2)N3C(=O)c2ccc(-c3cccnc3)cc2)n1.Cc1ccc(-c2ccc(C(=O)N3CCN(c4nc(C)cc(Nc5cc(C)[nH]n5)n4)CC3)nn2)cc1. The lowest BCUT2D eigenvalue weighted by Gasteiger charge is -2.41. The van der Waals surface area contributed by atoms with Gasteiger partial charge in [-0.05, 0) is 197 Å². The van der Waals surface area contributed by atoms with Crippen LogP contribution in [0.3, 0.4) is 0 Å². The van der Waals surface area contributed by atoms with Crippen molar-refractivity contribution in [2.45, 2.75) is 144 Å². The molecule has 726 valence electrons. The maximum Gasteiger partial charge on any atom is 0.274 e. The molecule has 0 spiro atoms. The fourth-order valence-electron chi connectivity index (χ4n) is 19.6. The van der Waals surface area contributed by atoms with E-state index in [1.54, 1.807) is 46.4 Å². The maximum absolute atomic E-state index is 13.5. The lowest BCUT2D eigenvalue weighted by atomic mass is 10.0. The lowest BCUT2D eigenvalue weighted by molar-refractivity contribution is 0.0632. The Hall–Kier alpha value is -17.2. The molecule has 39 nitrogen and oxygen atoms in total. The number of rotatable bonds is 20. The summed E-state index contributed by atoms with van der Waals surface area (Å²) in [6, 6.07) is 59.3. The van der Waals surface area contributed by atoms with Crippen LogP contribution < -0.4 is 40.9 Å². The van der Waals surface area contributed by atoms with Gasteiger partial charge in [0.15, 0.2) is 40.5 Å². The predicted molar refractivity (Wildman–Crippen MR) is 545 cm³/mol. The Morgan fingerprint density at radius 1 is 0.329 bits per heavy atom. The molecule has 7 aliphatic rings. The molecule has 6 bridgehead atoms. The third-order valence-electron chi connectivity index (χ3n) is 26.5. The lowest BCUT2D eigenvalue weighted by Crippen LogP contribution is -2.56. The number of hydrogen-bond donors (Lipinski definition) is 8. The highest BCUT2D eigenvalue weighted by atomic mass is 16.2. The highest BCUT2D eigenvalue weighted by molar-refractivity contribution is 5.97. The number of H-pyrrole nitrogens is 4. The summed E-state index contributed by atoms with van der Waals surface area (Å²) in [5.41, 5.74) is 17.6. The molecule has 0 aliphatic carbocycles. The van der Waals surface area contributed by atoms with Crippen LogP contribution in [-0.4, -0.2) is 261 Å². The van der Waals surface area contributed by atoms with Gasteiger partial charge in [0.25, 0.3) is 23.6 Å². The van der Waals surface area contributed by atoms with Crippen molar-refractivity contribution >= 4 is 93.8 Å². The summed E-state index contributed by atoms with van der Waals surface area (Å²) in [4.78, 5) is 112. The van der Waals surface area contributed by atoms with Crippen LogP contribution in [0.2, 0.25) is 0 Å². The molecule has 0 radical (unpaired) electrons. The molecule has 3 aromatic carbocycles. The number of pyridine rings is 3. The van der Waals surface area contributed by atoms with Crippen molar-refractivity contribution in [1.29, 1.82) is 0 Å². The number of fused-ring (bicyclic) bond motifs is 6. The van der Waals surface area contributed by atoms with Crippen LogP contribution in [0.1, 0.15) is 137 Å². The fraction of sp³-hybridized carbons (Fsp3) is 0.308. The largest absolute Gasteiger partial charge is 0.347 e. The quantitative estimate of drug-likeness (QED) is 0.0351. The van der Waals surface area contributed by atoms with Crippen molar-refractivity contribution in [3.63, 3.8) is 0 Å². The van der Waals surface area contributed by atoms with Gasteiger partial charge in [0.05, 0.1) is 47.3 Å². The van der Waals surface area contributed by atoms with E-state index in [0.717, 1.165) is 171 Å². The van der Waals surface area contributed by atoms with Gasteiger partial charge in [0, 0.05) is 201 Å². The molecule has 6 unspecified atom stereocenters. The average Bonchev–Trinajstić information content (AvgIpc) is 1.64. The first kappa shape index (κ1) is 93.5. The summed E-state index contributed by atoms with van der Waals surface area (Å²) in [5.74, 6) is 9.23. The molecule has 13 aromatic heterocycles. The molecule has 8 N–H and O–H groups in total. The van der Waals surface area contributed by atoms with E-state index in [1.807, 2.05) is 237 Å². The molecule has 7 saturated heterocycles.